The molecule has 3 aromatic heterocycles. The zero-order valence-corrected chi connectivity index (χ0v) is 21.8. The first-order valence-corrected chi connectivity index (χ1v) is 12.6. The van der Waals surface area contributed by atoms with Gasteiger partial charge in [0.2, 0.25) is 0 Å². The largest absolute Gasteiger partial charge is 0.480 e. The fourth-order valence-electron chi connectivity index (χ4n) is 5.85. The summed E-state index contributed by atoms with van der Waals surface area (Å²) in [4.78, 5) is 25.0. The lowest BCUT2D eigenvalue weighted by atomic mass is 9.65. The molecular formula is C27H31ClFN5O3. The van der Waals surface area contributed by atoms with Crippen molar-refractivity contribution < 1.29 is 18.7 Å². The SMILES string of the molecule is Cc1ccc2ncc(F)c(CC(C)C34CCC(NCc5ccc6c(n5)NC(=O)CO6)(CC3)CO4)c2n1.Cl. The molecule has 1 atom stereocenters. The number of ether oxygens (including phenoxy) is 2. The maximum Gasteiger partial charge on any atom is 0.263 e. The minimum atomic E-state index is -0.300. The Morgan fingerprint density at radius 1 is 1.16 bits per heavy atom. The third-order valence-corrected chi connectivity index (χ3v) is 8.18. The highest BCUT2D eigenvalue weighted by atomic mass is 35.5. The van der Waals surface area contributed by atoms with Crippen LogP contribution < -0.4 is 15.4 Å². The van der Waals surface area contributed by atoms with Crippen LogP contribution in [-0.2, 0) is 22.5 Å². The number of aryl methyl sites for hydroxylation is 1. The predicted octanol–water partition coefficient (Wildman–Crippen LogP) is 4.28. The number of carbonyl (C=O) groups excluding carboxylic acids is 1. The van der Waals surface area contributed by atoms with Crippen LogP contribution in [-0.4, -0.2) is 45.2 Å². The van der Waals surface area contributed by atoms with Crippen molar-refractivity contribution in [3.05, 3.63) is 53.2 Å². The van der Waals surface area contributed by atoms with Gasteiger partial charge in [0.15, 0.2) is 18.2 Å². The van der Waals surface area contributed by atoms with Gasteiger partial charge in [0, 0.05) is 23.3 Å². The molecule has 8 nitrogen and oxygen atoms in total. The molecule has 3 aromatic rings. The Morgan fingerprint density at radius 2 is 1.97 bits per heavy atom. The molecule has 2 saturated heterocycles. The van der Waals surface area contributed by atoms with Crippen LogP contribution in [0, 0.1) is 18.7 Å². The highest BCUT2D eigenvalue weighted by molar-refractivity contribution is 5.94. The van der Waals surface area contributed by atoms with Gasteiger partial charge in [0.25, 0.3) is 5.91 Å². The summed E-state index contributed by atoms with van der Waals surface area (Å²) in [5, 5.41) is 6.45. The molecule has 1 saturated carbocycles. The maximum absolute atomic E-state index is 14.9. The molecule has 0 radical (unpaired) electrons. The third-order valence-electron chi connectivity index (χ3n) is 8.18. The van der Waals surface area contributed by atoms with E-state index in [9.17, 15) is 9.18 Å². The summed E-state index contributed by atoms with van der Waals surface area (Å²) < 4.78 is 26.8. The Labute approximate surface area is 221 Å². The molecule has 7 rings (SSSR count). The van der Waals surface area contributed by atoms with Crippen LogP contribution in [0.2, 0.25) is 0 Å². The van der Waals surface area contributed by atoms with E-state index in [4.69, 9.17) is 9.47 Å². The fourth-order valence-corrected chi connectivity index (χ4v) is 5.85. The molecule has 1 amide bonds. The molecule has 0 aromatic carbocycles. The normalized spacial score (nSPS) is 25.1. The van der Waals surface area contributed by atoms with Crippen LogP contribution in [0.5, 0.6) is 5.75 Å². The van der Waals surface area contributed by atoms with Crippen molar-refractivity contribution in [2.75, 3.05) is 18.5 Å². The van der Waals surface area contributed by atoms with Crippen molar-refractivity contribution in [1.82, 2.24) is 20.3 Å². The van der Waals surface area contributed by atoms with Gasteiger partial charge in [-0.3, -0.25) is 14.8 Å². The van der Waals surface area contributed by atoms with Gasteiger partial charge in [0.05, 0.1) is 35.1 Å². The Balaban J connectivity index is 0.00000280. The van der Waals surface area contributed by atoms with Crippen molar-refractivity contribution in [2.24, 2.45) is 5.92 Å². The quantitative estimate of drug-likeness (QED) is 0.494. The number of hydrogen-bond acceptors (Lipinski definition) is 7. The summed E-state index contributed by atoms with van der Waals surface area (Å²) in [5.41, 5.74) is 3.33. The second kappa shape index (κ2) is 9.78. The lowest BCUT2D eigenvalue weighted by Crippen LogP contribution is -2.63. The molecule has 37 heavy (non-hydrogen) atoms. The van der Waals surface area contributed by atoms with E-state index in [0.717, 1.165) is 42.6 Å². The Morgan fingerprint density at radius 3 is 2.73 bits per heavy atom. The van der Waals surface area contributed by atoms with E-state index in [2.05, 4.69) is 32.5 Å². The van der Waals surface area contributed by atoms with Crippen LogP contribution >= 0.6 is 12.4 Å². The number of amides is 1. The van der Waals surface area contributed by atoms with Gasteiger partial charge in [-0.15, -0.1) is 12.4 Å². The number of carbonyl (C=O) groups is 1. The average Bonchev–Trinajstić information content (AvgIpc) is 2.90. The summed E-state index contributed by atoms with van der Waals surface area (Å²) in [7, 11) is 0. The molecule has 3 fully saturated rings. The van der Waals surface area contributed by atoms with Crippen LogP contribution in [0.4, 0.5) is 10.2 Å². The van der Waals surface area contributed by atoms with Gasteiger partial charge in [0.1, 0.15) is 5.82 Å². The van der Waals surface area contributed by atoms with Crippen LogP contribution in [0.25, 0.3) is 11.0 Å². The van der Waals surface area contributed by atoms with Crippen LogP contribution in [0.3, 0.4) is 0 Å². The molecule has 2 N–H and O–H groups in total. The summed E-state index contributed by atoms with van der Waals surface area (Å²) in [5.74, 6) is 0.718. The van der Waals surface area contributed by atoms with Crippen molar-refractivity contribution >= 4 is 35.2 Å². The standard InChI is InChI=1S/C27H30FN5O3.ClH/c1-16(11-19-20(28)13-29-21-5-3-17(2)31-24(19)21)27-9-7-26(8-10-27,15-36-27)30-12-18-4-6-22-25(32-18)33-23(34)14-35-22;/h3-6,13,16,30H,7-12,14-15H2,1-2H3,(H,32,33,34);1H. The first kappa shape index (κ1) is 25.8. The smallest absolute Gasteiger partial charge is 0.263 e. The molecule has 4 aliphatic rings. The van der Waals surface area contributed by atoms with Gasteiger partial charge in [-0.05, 0) is 69.2 Å². The molecular weight excluding hydrogens is 497 g/mol. The molecule has 196 valence electrons. The summed E-state index contributed by atoms with van der Waals surface area (Å²) in [6, 6.07) is 7.57. The van der Waals surface area contributed by atoms with Crippen molar-refractivity contribution in [3.8, 4) is 5.75 Å². The van der Waals surface area contributed by atoms with Gasteiger partial charge >= 0.3 is 0 Å². The molecule has 6 heterocycles. The monoisotopic (exact) mass is 527 g/mol. The summed E-state index contributed by atoms with van der Waals surface area (Å²) >= 11 is 0. The Hall–Kier alpha value is -2.88. The minimum Gasteiger partial charge on any atom is -0.480 e. The third kappa shape index (κ3) is 4.76. The number of nitrogens with zero attached hydrogens (tertiary/aromatic N) is 3. The number of pyridine rings is 3. The number of aromatic nitrogens is 3. The van der Waals surface area contributed by atoms with Crippen LogP contribution in [0.1, 0.15) is 49.6 Å². The first-order valence-electron chi connectivity index (χ1n) is 12.6. The number of rotatable bonds is 6. The minimum absolute atomic E-state index is 0. The molecule has 0 spiro atoms. The molecule has 10 heteroatoms. The van der Waals surface area contributed by atoms with Crippen LogP contribution in [0.15, 0.2) is 30.5 Å². The lowest BCUT2D eigenvalue weighted by molar-refractivity contribution is -0.186. The van der Waals surface area contributed by atoms with E-state index in [1.807, 2.05) is 31.2 Å². The fraction of sp³-hybridized carbons (Fsp3) is 0.481. The van der Waals surface area contributed by atoms with Crippen molar-refractivity contribution in [2.45, 2.75) is 63.6 Å². The predicted molar refractivity (Wildman–Crippen MR) is 139 cm³/mol. The average molecular weight is 528 g/mol. The second-order valence-electron chi connectivity index (χ2n) is 10.5. The summed E-state index contributed by atoms with van der Waals surface area (Å²) in [6.45, 7) is 5.29. The first-order chi connectivity index (χ1) is 17.3. The van der Waals surface area contributed by atoms with E-state index >= 15 is 0 Å². The van der Waals surface area contributed by atoms with E-state index in [1.54, 1.807) is 0 Å². The second-order valence-corrected chi connectivity index (χ2v) is 10.5. The highest BCUT2D eigenvalue weighted by Gasteiger charge is 2.52. The zero-order chi connectivity index (χ0) is 24.9. The number of nitrogens with one attached hydrogen (secondary N) is 2. The number of anilines is 1. The topological polar surface area (TPSA) is 98.3 Å². The molecule has 2 bridgehead atoms. The molecule has 1 unspecified atom stereocenters. The highest BCUT2D eigenvalue weighted by Crippen LogP contribution is 2.48. The van der Waals surface area contributed by atoms with E-state index in [1.165, 1.54) is 6.20 Å². The van der Waals surface area contributed by atoms with Crippen molar-refractivity contribution in [1.29, 1.82) is 0 Å². The van der Waals surface area contributed by atoms with Crippen molar-refractivity contribution in [3.63, 3.8) is 0 Å². The number of fused-ring (bicyclic) bond motifs is 5. The number of halogens is 2. The van der Waals surface area contributed by atoms with E-state index < -0.39 is 0 Å². The summed E-state index contributed by atoms with van der Waals surface area (Å²) in [6.07, 6.45) is 5.68. The van der Waals surface area contributed by atoms with Gasteiger partial charge in [-0.1, -0.05) is 6.92 Å². The molecule has 1 aliphatic carbocycles. The zero-order valence-electron chi connectivity index (χ0n) is 21.0. The van der Waals surface area contributed by atoms with Gasteiger partial charge in [-0.25, -0.2) is 9.37 Å². The maximum atomic E-state index is 14.9. The number of hydrogen-bond donors (Lipinski definition) is 2. The van der Waals surface area contributed by atoms with E-state index in [-0.39, 0.29) is 47.8 Å². The van der Waals surface area contributed by atoms with Gasteiger partial charge < -0.3 is 20.1 Å². The molecule has 3 aliphatic heterocycles. The Kier molecular flexibility index (Phi) is 6.81. The lowest BCUT2D eigenvalue weighted by Gasteiger charge is -2.56. The van der Waals surface area contributed by atoms with E-state index in [0.29, 0.717) is 42.2 Å². The Bertz CT molecular complexity index is 1320. The van der Waals surface area contributed by atoms with Gasteiger partial charge in [-0.2, -0.15) is 0 Å².